The van der Waals surface area contributed by atoms with Gasteiger partial charge in [-0.05, 0) is 43.8 Å². The summed E-state index contributed by atoms with van der Waals surface area (Å²) in [6, 6.07) is 10.1. The zero-order valence-corrected chi connectivity index (χ0v) is 17.6. The highest BCUT2D eigenvalue weighted by Gasteiger charge is 2.26. The van der Waals surface area contributed by atoms with Crippen LogP contribution in [0.25, 0.3) is 0 Å². The first-order valence-electron chi connectivity index (χ1n) is 8.98. The van der Waals surface area contributed by atoms with Crippen LogP contribution in [0.1, 0.15) is 5.56 Å². The van der Waals surface area contributed by atoms with Gasteiger partial charge in [-0.25, -0.2) is 0 Å². The Kier molecular flexibility index (Phi) is 6.50. The molecule has 1 aliphatic rings. The molecule has 3 rings (SSSR count). The second-order valence-corrected chi connectivity index (χ2v) is 9.16. The molecular formula is C19H22ClF2N3O3S. The topological polar surface area (TPSA) is 53.1 Å². The number of aryl methyl sites for hydroxylation is 1. The van der Waals surface area contributed by atoms with Gasteiger partial charge in [0.2, 0.25) is 0 Å². The van der Waals surface area contributed by atoms with Crippen molar-refractivity contribution >= 4 is 33.2 Å². The van der Waals surface area contributed by atoms with Crippen LogP contribution in [0.4, 0.5) is 20.2 Å². The second kappa shape index (κ2) is 8.73. The number of halogens is 3. The lowest BCUT2D eigenvalue weighted by atomic mass is 10.1. The number of hydrogen-bond acceptors (Lipinski definition) is 5. The molecule has 1 heterocycles. The number of likely N-dealkylation sites (N-methyl/N-ethyl adjacent to an activating group) is 1. The lowest BCUT2D eigenvalue weighted by Gasteiger charge is -2.35. The third-order valence-electron chi connectivity index (χ3n) is 4.78. The first-order chi connectivity index (χ1) is 13.7. The van der Waals surface area contributed by atoms with Crippen LogP contribution in [0.5, 0.6) is 5.75 Å². The lowest BCUT2D eigenvalue weighted by Crippen LogP contribution is -2.44. The molecule has 1 aliphatic heterocycles. The average molecular weight is 446 g/mol. The van der Waals surface area contributed by atoms with E-state index in [1.54, 1.807) is 12.1 Å². The number of sulfonamides is 1. The fourth-order valence-corrected chi connectivity index (χ4v) is 4.56. The molecule has 0 saturated carbocycles. The van der Waals surface area contributed by atoms with Crippen molar-refractivity contribution < 1.29 is 21.9 Å². The van der Waals surface area contributed by atoms with Crippen molar-refractivity contribution in [2.24, 2.45) is 0 Å². The first-order valence-corrected chi connectivity index (χ1v) is 10.8. The van der Waals surface area contributed by atoms with E-state index >= 15 is 0 Å². The van der Waals surface area contributed by atoms with Gasteiger partial charge in [-0.3, -0.25) is 0 Å². The largest absolute Gasteiger partial charge is 0.435 e. The maximum atomic E-state index is 13.0. The molecule has 1 saturated heterocycles. The fourth-order valence-electron chi connectivity index (χ4n) is 3.14. The standard InChI is InChI=1S/C19H22ClF2N3O3S/c1-14-6-7-17(13-18(14)24-10-8-23(2)9-11-24)29(26,27)25(20)15-4-3-5-16(12-15)28-19(21)22/h3-7,12-13,19H,8-11H2,1-2H3. The zero-order chi connectivity index (χ0) is 21.2. The average Bonchev–Trinajstić information content (AvgIpc) is 2.68. The summed E-state index contributed by atoms with van der Waals surface area (Å²) in [5.41, 5.74) is 1.80. The highest BCUT2D eigenvalue weighted by molar-refractivity contribution is 7.94. The zero-order valence-electron chi connectivity index (χ0n) is 16.1. The summed E-state index contributed by atoms with van der Waals surface area (Å²) in [4.78, 5) is 4.37. The van der Waals surface area contributed by atoms with Crippen molar-refractivity contribution in [3.05, 3.63) is 48.0 Å². The molecule has 0 bridgehead atoms. The molecule has 0 aromatic heterocycles. The molecule has 2 aromatic carbocycles. The van der Waals surface area contributed by atoms with Crippen LogP contribution < -0.4 is 13.5 Å². The number of rotatable bonds is 6. The molecule has 0 radical (unpaired) electrons. The van der Waals surface area contributed by atoms with E-state index in [2.05, 4.69) is 14.5 Å². The van der Waals surface area contributed by atoms with Gasteiger partial charge in [-0.15, -0.1) is 0 Å². The number of alkyl halides is 2. The van der Waals surface area contributed by atoms with Crippen molar-refractivity contribution in [1.82, 2.24) is 4.90 Å². The molecule has 10 heteroatoms. The Morgan fingerprint density at radius 3 is 2.45 bits per heavy atom. The molecule has 0 N–H and O–H groups in total. The SMILES string of the molecule is Cc1ccc(S(=O)(=O)N(Cl)c2cccc(OC(F)F)c2)cc1N1CCN(C)CC1. The van der Waals surface area contributed by atoms with Crippen LogP contribution in [-0.2, 0) is 10.0 Å². The molecule has 0 unspecified atom stereocenters. The Bertz CT molecular complexity index is 967. The van der Waals surface area contributed by atoms with E-state index in [4.69, 9.17) is 11.8 Å². The number of piperazine rings is 1. The Hall–Kier alpha value is -2.10. The summed E-state index contributed by atoms with van der Waals surface area (Å²) in [6.07, 6.45) is 0. The van der Waals surface area contributed by atoms with Gasteiger partial charge in [0.25, 0.3) is 10.0 Å². The van der Waals surface area contributed by atoms with E-state index in [1.807, 2.05) is 14.0 Å². The van der Waals surface area contributed by atoms with Crippen LogP contribution in [0.15, 0.2) is 47.4 Å². The maximum Gasteiger partial charge on any atom is 0.387 e. The van der Waals surface area contributed by atoms with Gasteiger partial charge < -0.3 is 14.5 Å². The van der Waals surface area contributed by atoms with Crippen molar-refractivity contribution in [3.8, 4) is 5.75 Å². The second-order valence-electron chi connectivity index (χ2n) is 6.83. The van der Waals surface area contributed by atoms with E-state index in [1.165, 1.54) is 24.3 Å². The number of nitrogens with zero attached hydrogens (tertiary/aromatic N) is 3. The van der Waals surface area contributed by atoms with Gasteiger partial charge in [0, 0.05) is 49.7 Å². The van der Waals surface area contributed by atoms with Gasteiger partial charge >= 0.3 is 6.61 Å². The Labute approximate surface area is 174 Å². The normalized spacial score (nSPS) is 15.6. The molecule has 0 amide bonds. The molecule has 29 heavy (non-hydrogen) atoms. The number of hydrogen-bond donors (Lipinski definition) is 0. The van der Waals surface area contributed by atoms with E-state index in [0.717, 1.165) is 43.5 Å². The van der Waals surface area contributed by atoms with Crippen LogP contribution in [0.3, 0.4) is 0 Å². The van der Waals surface area contributed by atoms with Crippen molar-refractivity contribution in [2.75, 3.05) is 42.0 Å². The van der Waals surface area contributed by atoms with E-state index in [0.29, 0.717) is 3.82 Å². The quantitative estimate of drug-likeness (QED) is 0.635. The fraction of sp³-hybridized carbons (Fsp3) is 0.368. The van der Waals surface area contributed by atoms with E-state index in [9.17, 15) is 17.2 Å². The van der Waals surface area contributed by atoms with Gasteiger partial charge in [0.15, 0.2) is 0 Å². The molecule has 1 fully saturated rings. The van der Waals surface area contributed by atoms with E-state index < -0.39 is 16.6 Å². The van der Waals surface area contributed by atoms with E-state index in [-0.39, 0.29) is 16.3 Å². The predicted octanol–water partition coefficient (Wildman–Crippen LogP) is 3.70. The summed E-state index contributed by atoms with van der Waals surface area (Å²) in [5, 5.41) is 0. The molecule has 0 atom stereocenters. The van der Waals surface area contributed by atoms with Crippen LogP contribution in [-0.4, -0.2) is 53.2 Å². The Morgan fingerprint density at radius 1 is 1.10 bits per heavy atom. The molecule has 158 valence electrons. The minimum Gasteiger partial charge on any atom is -0.435 e. The van der Waals surface area contributed by atoms with Crippen LogP contribution in [0.2, 0.25) is 0 Å². The summed E-state index contributed by atoms with van der Waals surface area (Å²) in [6.45, 7) is 2.25. The Balaban J connectivity index is 1.90. The molecule has 6 nitrogen and oxygen atoms in total. The van der Waals surface area contributed by atoms with Gasteiger partial charge in [0.05, 0.1) is 10.6 Å². The molecule has 0 spiro atoms. The number of anilines is 2. The molecular weight excluding hydrogens is 424 g/mol. The van der Waals surface area contributed by atoms with Crippen molar-refractivity contribution in [1.29, 1.82) is 0 Å². The third kappa shape index (κ3) is 4.91. The van der Waals surface area contributed by atoms with Crippen LogP contribution >= 0.6 is 11.8 Å². The van der Waals surface area contributed by atoms with Gasteiger partial charge in [0.1, 0.15) is 5.75 Å². The van der Waals surface area contributed by atoms with Crippen molar-refractivity contribution in [3.63, 3.8) is 0 Å². The maximum absolute atomic E-state index is 13.0. The highest BCUT2D eigenvalue weighted by atomic mass is 35.5. The Morgan fingerprint density at radius 2 is 1.79 bits per heavy atom. The lowest BCUT2D eigenvalue weighted by molar-refractivity contribution is -0.0498. The predicted molar refractivity (Wildman–Crippen MR) is 109 cm³/mol. The molecule has 0 aliphatic carbocycles. The summed E-state index contributed by atoms with van der Waals surface area (Å²) in [5.74, 6) is -0.180. The summed E-state index contributed by atoms with van der Waals surface area (Å²) < 4.78 is 55.8. The minimum atomic E-state index is -4.11. The monoisotopic (exact) mass is 445 g/mol. The van der Waals surface area contributed by atoms with Gasteiger partial charge in [-0.1, -0.05) is 12.1 Å². The number of ether oxygens (including phenoxy) is 1. The highest BCUT2D eigenvalue weighted by Crippen LogP contribution is 2.32. The third-order valence-corrected chi connectivity index (χ3v) is 7.00. The van der Waals surface area contributed by atoms with Crippen molar-refractivity contribution in [2.45, 2.75) is 18.4 Å². The van der Waals surface area contributed by atoms with Gasteiger partial charge in [-0.2, -0.15) is 21.0 Å². The minimum absolute atomic E-state index is 0.00605. The first kappa shape index (κ1) is 21.6. The summed E-state index contributed by atoms with van der Waals surface area (Å²) in [7, 11) is -2.06. The smallest absolute Gasteiger partial charge is 0.387 e. The number of benzene rings is 2. The van der Waals surface area contributed by atoms with Crippen LogP contribution in [0, 0.1) is 6.92 Å². The molecule has 2 aromatic rings. The summed E-state index contributed by atoms with van der Waals surface area (Å²) >= 11 is 6.12.